The van der Waals surface area contributed by atoms with Crippen molar-refractivity contribution in [1.82, 2.24) is 4.90 Å². The van der Waals surface area contributed by atoms with Crippen molar-refractivity contribution in [3.05, 3.63) is 77.3 Å². The van der Waals surface area contributed by atoms with Crippen LogP contribution in [0, 0.1) is 11.8 Å². The Kier molecular flexibility index (Phi) is 4.90. The summed E-state index contributed by atoms with van der Waals surface area (Å²) < 4.78 is 5.29. The molecule has 6 nitrogen and oxygen atoms in total. The summed E-state index contributed by atoms with van der Waals surface area (Å²) in [5.41, 5.74) is 2.06. The van der Waals surface area contributed by atoms with E-state index in [-0.39, 0.29) is 24.1 Å². The number of carbonyl (C=O) groups is 3. The number of carbonyl (C=O) groups excluding carboxylic acids is 3. The van der Waals surface area contributed by atoms with Crippen LogP contribution in [0.2, 0.25) is 5.02 Å². The van der Waals surface area contributed by atoms with Gasteiger partial charge in [-0.1, -0.05) is 42.0 Å². The molecule has 0 spiro atoms. The van der Waals surface area contributed by atoms with Crippen LogP contribution in [-0.4, -0.2) is 48.2 Å². The van der Waals surface area contributed by atoms with Crippen LogP contribution < -0.4 is 9.64 Å². The normalized spacial score (nSPS) is 25.4. The number of benzene rings is 2. The number of amides is 2. The Hall–Kier alpha value is -3.38. The van der Waals surface area contributed by atoms with Crippen LogP contribution in [0.1, 0.15) is 15.9 Å². The van der Waals surface area contributed by atoms with Gasteiger partial charge < -0.3 is 9.64 Å². The van der Waals surface area contributed by atoms with Crippen molar-refractivity contribution in [1.29, 1.82) is 0 Å². The summed E-state index contributed by atoms with van der Waals surface area (Å²) in [4.78, 5) is 43.6. The van der Waals surface area contributed by atoms with Crippen molar-refractivity contribution >= 4 is 41.0 Å². The molecule has 3 aliphatic heterocycles. The van der Waals surface area contributed by atoms with Crippen LogP contribution in [0.4, 0.5) is 5.69 Å². The maximum absolute atomic E-state index is 13.9. The predicted molar refractivity (Wildman–Crippen MR) is 122 cm³/mol. The van der Waals surface area contributed by atoms with E-state index in [0.717, 1.165) is 11.3 Å². The number of methoxy groups -OCH3 is 1. The number of nitrogens with zero attached hydrogens (tertiary/aromatic N) is 2. The lowest BCUT2D eigenvalue weighted by Crippen LogP contribution is -2.48. The molecular weight excluding hydrogens is 428 g/mol. The topological polar surface area (TPSA) is 66.9 Å². The number of halogens is 1. The minimum absolute atomic E-state index is 0.132. The summed E-state index contributed by atoms with van der Waals surface area (Å²) in [5, 5.41) is 0.575. The number of ketones is 1. The number of likely N-dealkylation sites (tertiary alicyclic amines) is 1. The van der Waals surface area contributed by atoms with E-state index in [1.165, 1.54) is 18.1 Å². The lowest BCUT2D eigenvalue weighted by atomic mass is 9.86. The lowest BCUT2D eigenvalue weighted by Gasteiger charge is -2.36. The summed E-state index contributed by atoms with van der Waals surface area (Å²) in [6.07, 6.45) is 5.34. The van der Waals surface area contributed by atoms with Crippen LogP contribution in [0.25, 0.3) is 6.08 Å². The molecule has 0 bridgehead atoms. The maximum Gasteiger partial charge on any atom is 0.236 e. The van der Waals surface area contributed by atoms with Gasteiger partial charge in [-0.05, 0) is 35.9 Å². The Morgan fingerprint density at radius 1 is 1.16 bits per heavy atom. The minimum Gasteiger partial charge on any atom is -0.497 e. The van der Waals surface area contributed by atoms with Gasteiger partial charge >= 0.3 is 0 Å². The zero-order valence-electron chi connectivity index (χ0n) is 17.4. The van der Waals surface area contributed by atoms with Crippen LogP contribution in [0.3, 0.4) is 0 Å². The van der Waals surface area contributed by atoms with Crippen LogP contribution >= 0.6 is 11.6 Å². The van der Waals surface area contributed by atoms with Crippen molar-refractivity contribution in [2.75, 3.05) is 18.6 Å². The molecule has 7 heteroatoms. The second-order valence-corrected chi connectivity index (χ2v) is 8.56. The first-order valence-electron chi connectivity index (χ1n) is 10.4. The van der Waals surface area contributed by atoms with Gasteiger partial charge in [-0.25, -0.2) is 0 Å². The third kappa shape index (κ3) is 2.90. The van der Waals surface area contributed by atoms with Gasteiger partial charge in [-0.3, -0.25) is 19.3 Å². The van der Waals surface area contributed by atoms with E-state index in [1.54, 1.807) is 30.3 Å². The highest BCUT2D eigenvalue weighted by atomic mass is 35.5. The highest BCUT2D eigenvalue weighted by Crippen LogP contribution is 2.49. The van der Waals surface area contributed by atoms with Crippen molar-refractivity contribution in [3.63, 3.8) is 0 Å². The van der Waals surface area contributed by atoms with Gasteiger partial charge in [0.15, 0.2) is 5.78 Å². The second kappa shape index (κ2) is 7.64. The molecule has 2 aromatic carbocycles. The zero-order valence-corrected chi connectivity index (χ0v) is 18.2. The van der Waals surface area contributed by atoms with Crippen LogP contribution in [-0.2, 0) is 9.59 Å². The molecule has 0 N–H and O–H groups in total. The van der Waals surface area contributed by atoms with E-state index in [4.69, 9.17) is 16.3 Å². The second-order valence-electron chi connectivity index (χ2n) is 8.13. The zero-order chi connectivity index (χ0) is 22.6. The van der Waals surface area contributed by atoms with Gasteiger partial charge in [-0.15, -0.1) is 6.58 Å². The first kappa shape index (κ1) is 20.5. The fourth-order valence-corrected chi connectivity index (χ4v) is 5.34. The van der Waals surface area contributed by atoms with Crippen molar-refractivity contribution in [2.45, 2.75) is 12.1 Å². The first-order valence-corrected chi connectivity index (χ1v) is 10.7. The summed E-state index contributed by atoms with van der Waals surface area (Å²) >= 11 is 6.19. The molecule has 32 heavy (non-hydrogen) atoms. The number of anilines is 1. The van der Waals surface area contributed by atoms with E-state index in [2.05, 4.69) is 6.58 Å². The fourth-order valence-electron chi connectivity index (χ4n) is 5.16. The molecule has 3 aliphatic rings. The van der Waals surface area contributed by atoms with Crippen LogP contribution in [0.15, 0.2) is 61.2 Å². The molecule has 0 aliphatic carbocycles. The molecule has 3 heterocycles. The molecule has 0 unspecified atom stereocenters. The van der Waals surface area contributed by atoms with Gasteiger partial charge in [0.05, 0.1) is 25.0 Å². The molecule has 5 rings (SSSR count). The van der Waals surface area contributed by atoms with E-state index in [0.29, 0.717) is 16.3 Å². The van der Waals surface area contributed by atoms with Gasteiger partial charge in [0.1, 0.15) is 11.8 Å². The lowest BCUT2D eigenvalue weighted by molar-refractivity contribution is -0.139. The largest absolute Gasteiger partial charge is 0.497 e. The van der Waals surface area contributed by atoms with E-state index in [1.807, 2.05) is 29.2 Å². The molecule has 2 aromatic rings. The number of rotatable bonds is 5. The molecule has 162 valence electrons. The number of hydrogen-bond donors (Lipinski definition) is 0. The predicted octanol–water partition coefficient (Wildman–Crippen LogP) is 3.60. The average molecular weight is 449 g/mol. The number of fused-ring (bicyclic) bond motifs is 5. The molecule has 0 aromatic heterocycles. The summed E-state index contributed by atoms with van der Waals surface area (Å²) in [6.45, 7) is 3.80. The van der Waals surface area contributed by atoms with Crippen molar-refractivity contribution in [3.8, 4) is 5.75 Å². The number of imide groups is 1. The van der Waals surface area contributed by atoms with E-state index in [9.17, 15) is 14.4 Å². The monoisotopic (exact) mass is 448 g/mol. The number of ether oxygens (including phenoxy) is 1. The number of Topliss-reactive ketones (excluding diaryl/α,β-unsaturated/α-hetero) is 1. The smallest absolute Gasteiger partial charge is 0.236 e. The Morgan fingerprint density at radius 2 is 1.94 bits per heavy atom. The van der Waals surface area contributed by atoms with Gasteiger partial charge in [0.2, 0.25) is 11.8 Å². The maximum atomic E-state index is 13.9. The molecule has 2 saturated heterocycles. The molecule has 0 radical (unpaired) electrons. The molecule has 2 fully saturated rings. The Labute approximate surface area is 190 Å². The standard InChI is InChI=1S/C25H21ClN2O4/c1-3-11-27-24(30)20-19-9-7-14-12-16(26)8-10-18(14)28(19)22(21(20)25(27)31)23(29)15-5-4-6-17(13-15)32-2/h3-10,12-13,19-22H,1,11H2,2H3/t19-,20+,21+,22+/m0/s1. The van der Waals surface area contributed by atoms with E-state index >= 15 is 0 Å². The third-order valence-corrected chi connectivity index (χ3v) is 6.73. The third-order valence-electron chi connectivity index (χ3n) is 6.49. The van der Waals surface area contributed by atoms with E-state index < -0.39 is 23.9 Å². The average Bonchev–Trinajstić information content (AvgIpc) is 3.27. The molecule has 2 amide bonds. The Bertz CT molecular complexity index is 1190. The molecular formula is C25H21ClN2O4. The Morgan fingerprint density at radius 3 is 2.69 bits per heavy atom. The van der Waals surface area contributed by atoms with Crippen LogP contribution in [0.5, 0.6) is 5.75 Å². The van der Waals surface area contributed by atoms with Gasteiger partial charge in [-0.2, -0.15) is 0 Å². The van der Waals surface area contributed by atoms with Gasteiger partial charge in [0, 0.05) is 22.8 Å². The Balaban J connectivity index is 1.66. The SMILES string of the molecule is C=CCN1C(=O)[C@@H]2[C@H](C1=O)[C@@H]1C=Cc3cc(Cl)ccc3N1[C@H]2C(=O)c1cccc(OC)c1. The summed E-state index contributed by atoms with van der Waals surface area (Å²) in [7, 11) is 1.53. The minimum atomic E-state index is -0.826. The van der Waals surface area contributed by atoms with Gasteiger partial charge in [0.25, 0.3) is 0 Å². The fraction of sp³-hybridized carbons (Fsp3) is 0.240. The van der Waals surface area contributed by atoms with Crippen molar-refractivity contribution < 1.29 is 19.1 Å². The first-order chi connectivity index (χ1) is 15.5. The highest BCUT2D eigenvalue weighted by Gasteiger charge is 2.63. The molecule has 0 saturated carbocycles. The summed E-state index contributed by atoms with van der Waals surface area (Å²) in [5.74, 6) is -1.69. The number of hydrogen-bond acceptors (Lipinski definition) is 5. The highest BCUT2D eigenvalue weighted by molar-refractivity contribution is 6.30. The van der Waals surface area contributed by atoms with Crippen molar-refractivity contribution in [2.24, 2.45) is 11.8 Å². The quantitative estimate of drug-likeness (QED) is 0.397. The molecule has 4 atom stereocenters. The summed E-state index contributed by atoms with van der Waals surface area (Å²) in [6, 6.07) is 11.1.